The fraction of sp³-hybridized carbons (Fsp3) is 0.875. The van der Waals surface area contributed by atoms with Crippen molar-refractivity contribution in [2.75, 3.05) is 19.8 Å². The molecule has 0 fully saturated rings. The largest absolute Gasteiger partial charge is 0.465 e. The third kappa shape index (κ3) is 4.43. The van der Waals surface area contributed by atoms with Crippen LogP contribution in [0.5, 0.6) is 0 Å². The molecule has 0 saturated carbocycles. The van der Waals surface area contributed by atoms with Crippen molar-refractivity contribution < 1.29 is 23.8 Å². The first kappa shape index (κ1) is 19.9. The quantitative estimate of drug-likeness (QED) is 0.458. The van der Waals surface area contributed by atoms with Crippen LogP contribution in [-0.4, -0.2) is 37.9 Å². The van der Waals surface area contributed by atoms with Gasteiger partial charge in [-0.2, -0.15) is 0 Å². The van der Waals surface area contributed by atoms with Crippen LogP contribution >= 0.6 is 0 Å². The summed E-state index contributed by atoms with van der Waals surface area (Å²) in [4.78, 5) is 25.2. The van der Waals surface area contributed by atoms with E-state index in [1.165, 1.54) is 0 Å². The molecule has 0 radical (unpaired) electrons. The Morgan fingerprint density at radius 1 is 0.905 bits per heavy atom. The van der Waals surface area contributed by atoms with Gasteiger partial charge in [0.2, 0.25) is 0 Å². The maximum absolute atomic E-state index is 12.6. The van der Waals surface area contributed by atoms with Gasteiger partial charge in [0.05, 0.1) is 19.3 Å². The highest BCUT2D eigenvalue weighted by Gasteiger charge is 2.57. The van der Waals surface area contributed by atoms with Crippen molar-refractivity contribution in [3.63, 3.8) is 0 Å². The molecule has 0 spiro atoms. The molecule has 0 amide bonds. The third-order valence-electron chi connectivity index (χ3n) is 3.78. The topological polar surface area (TPSA) is 61.8 Å². The lowest BCUT2D eigenvalue weighted by Crippen LogP contribution is -2.55. The minimum absolute atomic E-state index is 0.220. The first-order chi connectivity index (χ1) is 9.93. The van der Waals surface area contributed by atoms with Gasteiger partial charge in [0.25, 0.3) is 0 Å². The molecule has 0 rings (SSSR count). The van der Waals surface area contributed by atoms with Gasteiger partial charge < -0.3 is 14.2 Å². The Balaban J connectivity index is 5.79. The van der Waals surface area contributed by atoms with Crippen LogP contribution in [0.25, 0.3) is 0 Å². The van der Waals surface area contributed by atoms with Crippen LogP contribution in [0.3, 0.4) is 0 Å². The van der Waals surface area contributed by atoms with Crippen molar-refractivity contribution in [2.24, 2.45) is 11.3 Å². The van der Waals surface area contributed by atoms with Crippen LogP contribution in [0.15, 0.2) is 0 Å². The average molecular weight is 302 g/mol. The van der Waals surface area contributed by atoms with E-state index < -0.39 is 23.5 Å². The van der Waals surface area contributed by atoms with Crippen molar-refractivity contribution in [2.45, 2.75) is 60.5 Å². The highest BCUT2D eigenvalue weighted by Crippen LogP contribution is 2.39. The molecule has 5 nitrogen and oxygen atoms in total. The van der Waals surface area contributed by atoms with Crippen LogP contribution in [0, 0.1) is 11.3 Å². The van der Waals surface area contributed by atoms with Gasteiger partial charge in [-0.15, -0.1) is 0 Å². The van der Waals surface area contributed by atoms with Gasteiger partial charge >= 0.3 is 11.9 Å². The molecule has 0 aliphatic heterocycles. The Morgan fingerprint density at radius 3 is 1.71 bits per heavy atom. The Bertz CT molecular complexity index is 295. The fourth-order valence-electron chi connectivity index (χ4n) is 2.76. The maximum atomic E-state index is 12.6. The molecule has 0 aromatic carbocycles. The molecule has 0 saturated heterocycles. The van der Waals surface area contributed by atoms with Gasteiger partial charge in [-0.05, 0) is 40.0 Å². The second-order valence-electron chi connectivity index (χ2n) is 5.10. The van der Waals surface area contributed by atoms with Crippen molar-refractivity contribution in [3.05, 3.63) is 0 Å². The van der Waals surface area contributed by atoms with Crippen molar-refractivity contribution >= 4 is 11.9 Å². The standard InChI is InChI=1S/C16H30O5/c1-7-11-12(5)16(13(6)19-8-2,14(17)20-9-3)15(18)21-10-4/h12-13H,7-11H2,1-6H3/t12-,13+/m0/s1. The number of esters is 2. The van der Waals surface area contributed by atoms with Crippen molar-refractivity contribution in [1.82, 2.24) is 0 Å². The van der Waals surface area contributed by atoms with E-state index in [9.17, 15) is 9.59 Å². The lowest BCUT2D eigenvalue weighted by atomic mass is 9.70. The number of ether oxygens (including phenoxy) is 3. The van der Waals surface area contributed by atoms with E-state index in [1.54, 1.807) is 20.8 Å². The molecule has 0 aliphatic carbocycles. The minimum atomic E-state index is -1.40. The second kappa shape index (κ2) is 9.77. The van der Waals surface area contributed by atoms with Crippen LogP contribution in [0.4, 0.5) is 0 Å². The predicted octanol–water partition coefficient (Wildman–Crippen LogP) is 2.96. The summed E-state index contributed by atoms with van der Waals surface area (Å²) in [5, 5.41) is 0. The van der Waals surface area contributed by atoms with Crippen LogP contribution in [0.2, 0.25) is 0 Å². The van der Waals surface area contributed by atoms with Crippen LogP contribution < -0.4 is 0 Å². The molecular weight excluding hydrogens is 272 g/mol. The van der Waals surface area contributed by atoms with Gasteiger partial charge in [-0.1, -0.05) is 20.3 Å². The molecule has 124 valence electrons. The summed E-state index contributed by atoms with van der Waals surface area (Å²) in [6.45, 7) is 11.8. The van der Waals surface area contributed by atoms with E-state index in [0.29, 0.717) is 6.61 Å². The van der Waals surface area contributed by atoms with Crippen molar-refractivity contribution in [3.8, 4) is 0 Å². The molecular formula is C16H30O5. The van der Waals surface area contributed by atoms with Crippen LogP contribution in [0.1, 0.15) is 54.4 Å². The number of hydrogen-bond donors (Lipinski definition) is 0. The zero-order valence-electron chi connectivity index (χ0n) is 14.2. The zero-order valence-corrected chi connectivity index (χ0v) is 14.2. The Labute approximate surface area is 128 Å². The Hall–Kier alpha value is -1.10. The van der Waals surface area contributed by atoms with Gasteiger partial charge in [0.15, 0.2) is 5.41 Å². The number of carbonyl (C=O) groups excluding carboxylic acids is 2. The lowest BCUT2D eigenvalue weighted by Gasteiger charge is -2.38. The maximum Gasteiger partial charge on any atom is 0.326 e. The summed E-state index contributed by atoms with van der Waals surface area (Å²) in [7, 11) is 0. The smallest absolute Gasteiger partial charge is 0.326 e. The van der Waals surface area contributed by atoms with E-state index in [-0.39, 0.29) is 19.1 Å². The first-order valence-corrected chi connectivity index (χ1v) is 7.89. The lowest BCUT2D eigenvalue weighted by molar-refractivity contribution is -0.189. The normalized spacial score (nSPS) is 14.4. The molecule has 0 aliphatic rings. The molecule has 0 N–H and O–H groups in total. The van der Waals surface area contributed by atoms with Gasteiger partial charge in [0.1, 0.15) is 0 Å². The Kier molecular flexibility index (Phi) is 9.26. The number of carbonyl (C=O) groups is 2. The SMILES string of the molecule is CCC[C@H](C)C(C(=O)OCC)(C(=O)OCC)[C@@H](C)OCC. The monoisotopic (exact) mass is 302 g/mol. The molecule has 0 bridgehead atoms. The highest BCUT2D eigenvalue weighted by molar-refractivity contribution is 6.01. The fourth-order valence-corrected chi connectivity index (χ4v) is 2.76. The summed E-state index contributed by atoms with van der Waals surface area (Å²) in [6.07, 6.45) is 0.984. The van der Waals surface area contributed by atoms with Crippen LogP contribution in [-0.2, 0) is 23.8 Å². The molecule has 0 aromatic rings. The molecule has 21 heavy (non-hydrogen) atoms. The minimum Gasteiger partial charge on any atom is -0.465 e. The van der Waals surface area contributed by atoms with Crippen molar-refractivity contribution in [1.29, 1.82) is 0 Å². The van der Waals surface area contributed by atoms with E-state index in [2.05, 4.69) is 0 Å². The summed E-state index contributed by atoms with van der Waals surface area (Å²) in [5.74, 6) is -1.32. The predicted molar refractivity (Wildman–Crippen MR) is 80.9 cm³/mol. The zero-order chi connectivity index (χ0) is 16.5. The third-order valence-corrected chi connectivity index (χ3v) is 3.78. The number of rotatable bonds is 10. The summed E-state index contributed by atoms with van der Waals surface area (Å²) in [5.41, 5.74) is -1.40. The van der Waals surface area contributed by atoms with Gasteiger partial charge in [0, 0.05) is 6.61 Å². The van der Waals surface area contributed by atoms with E-state index in [4.69, 9.17) is 14.2 Å². The summed E-state index contributed by atoms with van der Waals surface area (Å²) in [6, 6.07) is 0. The summed E-state index contributed by atoms with van der Waals surface area (Å²) >= 11 is 0. The molecule has 2 atom stereocenters. The number of hydrogen-bond acceptors (Lipinski definition) is 5. The van der Waals surface area contributed by atoms with E-state index >= 15 is 0 Å². The first-order valence-electron chi connectivity index (χ1n) is 7.89. The van der Waals surface area contributed by atoms with E-state index in [1.807, 2.05) is 20.8 Å². The average Bonchev–Trinajstić information content (AvgIpc) is 2.40. The van der Waals surface area contributed by atoms with E-state index in [0.717, 1.165) is 12.8 Å². The van der Waals surface area contributed by atoms with Gasteiger partial charge in [-0.25, -0.2) is 0 Å². The second-order valence-corrected chi connectivity index (χ2v) is 5.10. The molecule has 5 heteroatoms. The summed E-state index contributed by atoms with van der Waals surface area (Å²) < 4.78 is 16.0. The molecule has 0 aromatic heterocycles. The molecule has 0 unspecified atom stereocenters. The molecule has 0 heterocycles. The highest BCUT2D eigenvalue weighted by atomic mass is 16.6. The van der Waals surface area contributed by atoms with Gasteiger partial charge in [-0.3, -0.25) is 9.59 Å². The Morgan fingerprint density at radius 2 is 1.38 bits per heavy atom.